The van der Waals surface area contributed by atoms with Gasteiger partial charge >= 0.3 is 5.97 Å². The molecule has 1 aliphatic rings. The molecule has 0 saturated carbocycles. The van der Waals surface area contributed by atoms with Crippen LogP contribution in [0.3, 0.4) is 0 Å². The van der Waals surface area contributed by atoms with Gasteiger partial charge < -0.3 is 20.3 Å². The minimum atomic E-state index is -0.478. The summed E-state index contributed by atoms with van der Waals surface area (Å²) in [5.74, 6) is -0.628. The van der Waals surface area contributed by atoms with Crippen molar-refractivity contribution in [1.29, 1.82) is 0 Å². The van der Waals surface area contributed by atoms with Crippen LogP contribution >= 0.6 is 12.2 Å². The second-order valence-electron chi connectivity index (χ2n) is 8.84. The first-order chi connectivity index (χ1) is 15.0. The molecule has 6 nitrogen and oxygen atoms in total. The summed E-state index contributed by atoms with van der Waals surface area (Å²) in [4.78, 5) is 27.0. The number of thiocarbonyl (C=S) groups is 1. The molecule has 0 aliphatic carbocycles. The first kappa shape index (κ1) is 23.5. The highest BCUT2D eigenvalue weighted by Gasteiger charge is 2.33. The average molecular weight is 452 g/mol. The number of benzene rings is 2. The first-order valence-electron chi connectivity index (χ1n) is 10.4. The molecule has 1 aliphatic heterocycles. The zero-order chi connectivity index (χ0) is 23.6. The molecule has 168 valence electrons. The van der Waals surface area contributed by atoms with Crippen LogP contribution in [0.25, 0.3) is 0 Å². The molecule has 1 heterocycles. The summed E-state index contributed by atoms with van der Waals surface area (Å²) in [7, 11) is 3.15. The van der Waals surface area contributed by atoms with Crippen molar-refractivity contribution >= 4 is 34.9 Å². The number of hydrogen-bond donors (Lipinski definition) is 2. The highest BCUT2D eigenvalue weighted by atomic mass is 32.1. The standard InChI is InChI=1S/C25H29N3O3S/c1-15-20(23(30)31-6)21(27-24(32)28(15)5)17-8-7-9-19(14-17)26-22(29)16-10-12-18(13-11-16)25(2,3)4/h7-14,21H,1-6H3,(H,26,29)(H,27,32). The van der Waals surface area contributed by atoms with Gasteiger partial charge in [-0.2, -0.15) is 0 Å². The maximum Gasteiger partial charge on any atom is 0.337 e. The van der Waals surface area contributed by atoms with Gasteiger partial charge in [-0.25, -0.2) is 4.79 Å². The number of anilines is 1. The van der Waals surface area contributed by atoms with E-state index in [0.717, 1.165) is 16.8 Å². The Labute approximate surface area is 194 Å². The molecule has 0 spiro atoms. The van der Waals surface area contributed by atoms with E-state index in [2.05, 4.69) is 31.4 Å². The van der Waals surface area contributed by atoms with Crippen LogP contribution in [-0.2, 0) is 14.9 Å². The number of rotatable bonds is 4. The van der Waals surface area contributed by atoms with Crippen LogP contribution in [0.4, 0.5) is 5.69 Å². The lowest BCUT2D eigenvalue weighted by Gasteiger charge is -2.35. The second-order valence-corrected chi connectivity index (χ2v) is 9.23. The Balaban J connectivity index is 1.87. The quantitative estimate of drug-likeness (QED) is 0.525. The number of amides is 1. The van der Waals surface area contributed by atoms with Gasteiger partial charge in [0.15, 0.2) is 5.11 Å². The predicted molar refractivity (Wildman–Crippen MR) is 130 cm³/mol. The van der Waals surface area contributed by atoms with Crippen molar-refractivity contribution in [1.82, 2.24) is 10.2 Å². The van der Waals surface area contributed by atoms with Crippen molar-refractivity contribution in [3.63, 3.8) is 0 Å². The van der Waals surface area contributed by atoms with Gasteiger partial charge in [0.25, 0.3) is 5.91 Å². The van der Waals surface area contributed by atoms with E-state index in [-0.39, 0.29) is 11.3 Å². The number of hydrogen-bond acceptors (Lipinski definition) is 4. The molecule has 0 radical (unpaired) electrons. The monoisotopic (exact) mass is 451 g/mol. The van der Waals surface area contributed by atoms with Crippen LogP contribution < -0.4 is 10.6 Å². The molecule has 1 atom stereocenters. The molecule has 0 saturated heterocycles. The molecule has 3 rings (SSSR count). The Kier molecular flexibility index (Phi) is 6.69. The van der Waals surface area contributed by atoms with Crippen molar-refractivity contribution in [3.8, 4) is 0 Å². The van der Waals surface area contributed by atoms with Gasteiger partial charge in [-0.05, 0) is 59.9 Å². The summed E-state index contributed by atoms with van der Waals surface area (Å²) in [6, 6.07) is 14.5. The summed E-state index contributed by atoms with van der Waals surface area (Å²) >= 11 is 5.42. The fourth-order valence-corrected chi connectivity index (χ4v) is 3.84. The van der Waals surface area contributed by atoms with Crippen LogP contribution in [-0.4, -0.2) is 36.0 Å². The highest BCUT2D eigenvalue weighted by Crippen LogP contribution is 2.32. The zero-order valence-electron chi connectivity index (χ0n) is 19.3. The molecule has 2 aromatic rings. The Bertz CT molecular complexity index is 1080. The molecule has 1 amide bonds. The van der Waals surface area contributed by atoms with Gasteiger partial charge in [0.2, 0.25) is 0 Å². The van der Waals surface area contributed by atoms with E-state index >= 15 is 0 Å². The summed E-state index contributed by atoms with van der Waals surface area (Å²) < 4.78 is 5.01. The van der Waals surface area contributed by atoms with Crippen molar-refractivity contribution < 1.29 is 14.3 Å². The average Bonchev–Trinajstić information content (AvgIpc) is 2.76. The lowest BCUT2D eigenvalue weighted by Crippen LogP contribution is -2.46. The molecule has 0 fully saturated rings. The van der Waals surface area contributed by atoms with Crippen molar-refractivity contribution in [2.24, 2.45) is 0 Å². The van der Waals surface area contributed by atoms with Gasteiger partial charge in [-0.3, -0.25) is 4.79 Å². The van der Waals surface area contributed by atoms with E-state index in [0.29, 0.717) is 21.9 Å². The normalized spacial score (nSPS) is 16.5. The zero-order valence-corrected chi connectivity index (χ0v) is 20.1. The number of carbonyl (C=O) groups is 2. The van der Waals surface area contributed by atoms with Crippen LogP contribution in [0.5, 0.6) is 0 Å². The molecular weight excluding hydrogens is 422 g/mol. The summed E-state index contributed by atoms with van der Waals surface area (Å²) in [5.41, 5.74) is 4.38. The third-order valence-electron chi connectivity index (χ3n) is 5.65. The van der Waals surface area contributed by atoms with E-state index in [4.69, 9.17) is 17.0 Å². The number of esters is 1. The van der Waals surface area contributed by atoms with Gasteiger partial charge in [0.05, 0.1) is 18.7 Å². The van der Waals surface area contributed by atoms with Crippen molar-refractivity contribution in [2.45, 2.75) is 39.2 Å². The third-order valence-corrected chi connectivity index (χ3v) is 6.04. The highest BCUT2D eigenvalue weighted by molar-refractivity contribution is 7.80. The van der Waals surface area contributed by atoms with Gasteiger partial charge in [0.1, 0.15) is 0 Å². The molecule has 1 unspecified atom stereocenters. The largest absolute Gasteiger partial charge is 0.466 e. The Morgan fingerprint density at radius 3 is 2.38 bits per heavy atom. The number of ether oxygens (including phenoxy) is 1. The van der Waals surface area contributed by atoms with Gasteiger partial charge in [-0.1, -0.05) is 45.0 Å². The van der Waals surface area contributed by atoms with Gasteiger partial charge in [-0.15, -0.1) is 0 Å². The van der Waals surface area contributed by atoms with E-state index in [1.807, 2.05) is 55.5 Å². The Morgan fingerprint density at radius 2 is 1.78 bits per heavy atom. The number of methoxy groups -OCH3 is 1. The lowest BCUT2D eigenvalue weighted by atomic mass is 9.86. The molecule has 2 N–H and O–H groups in total. The maximum atomic E-state index is 12.8. The fraction of sp³-hybridized carbons (Fsp3) is 0.320. The van der Waals surface area contributed by atoms with Crippen LogP contribution in [0.15, 0.2) is 59.8 Å². The van der Waals surface area contributed by atoms with E-state index < -0.39 is 12.0 Å². The number of allylic oxidation sites excluding steroid dienone is 1. The van der Waals surface area contributed by atoms with E-state index in [9.17, 15) is 9.59 Å². The number of nitrogens with one attached hydrogen (secondary N) is 2. The maximum absolute atomic E-state index is 12.8. The van der Waals surface area contributed by atoms with E-state index in [1.54, 1.807) is 11.9 Å². The van der Waals surface area contributed by atoms with Crippen LogP contribution in [0.1, 0.15) is 55.2 Å². The lowest BCUT2D eigenvalue weighted by molar-refractivity contribution is -0.136. The number of nitrogens with zero attached hydrogens (tertiary/aromatic N) is 1. The molecule has 32 heavy (non-hydrogen) atoms. The molecule has 0 bridgehead atoms. The topological polar surface area (TPSA) is 70.7 Å². The van der Waals surface area contributed by atoms with Crippen LogP contribution in [0.2, 0.25) is 0 Å². The SMILES string of the molecule is COC(=O)C1=C(C)N(C)C(=S)NC1c1cccc(NC(=O)c2ccc(C(C)(C)C)cc2)c1. The molecule has 0 aromatic heterocycles. The Morgan fingerprint density at radius 1 is 1.12 bits per heavy atom. The second kappa shape index (κ2) is 9.12. The third kappa shape index (κ3) is 4.83. The summed E-state index contributed by atoms with van der Waals surface area (Å²) in [5, 5.41) is 6.65. The fourth-order valence-electron chi connectivity index (χ4n) is 3.58. The summed E-state index contributed by atoms with van der Waals surface area (Å²) in [6.07, 6.45) is 0. The molecule has 7 heteroatoms. The van der Waals surface area contributed by atoms with Crippen LogP contribution in [0, 0.1) is 0 Å². The number of carbonyl (C=O) groups excluding carboxylic acids is 2. The van der Waals surface area contributed by atoms with Gasteiger partial charge in [0, 0.05) is 24.0 Å². The first-order valence-corrected chi connectivity index (χ1v) is 10.8. The van der Waals surface area contributed by atoms with E-state index in [1.165, 1.54) is 7.11 Å². The van der Waals surface area contributed by atoms with Crippen molar-refractivity contribution in [2.75, 3.05) is 19.5 Å². The minimum Gasteiger partial charge on any atom is -0.466 e. The summed E-state index contributed by atoms with van der Waals surface area (Å²) in [6.45, 7) is 8.23. The van der Waals surface area contributed by atoms with Crippen molar-refractivity contribution in [3.05, 3.63) is 76.5 Å². The Hall–Kier alpha value is -3.19. The molecular formula is C25H29N3O3S. The predicted octanol–water partition coefficient (Wildman–Crippen LogP) is 4.54. The minimum absolute atomic E-state index is 0.0218. The smallest absolute Gasteiger partial charge is 0.337 e. The molecule has 2 aromatic carbocycles.